The topological polar surface area (TPSA) is 228 Å². The maximum atomic E-state index is 10.6. The SMILES string of the molecule is CC(C)[C@H]1O[C@@H](C)[C@@H](OC2O[C@H](COC3O[C@H](CO)[C@@H](O)[C@H](O)[C@H]3O)[C@@H](O)[C@H](O)[C@H]2O)[C@H](O)[C@H]1O. The van der Waals surface area contributed by atoms with Crippen LogP contribution in [0.1, 0.15) is 20.8 Å². The summed E-state index contributed by atoms with van der Waals surface area (Å²) >= 11 is 0. The van der Waals surface area contributed by atoms with E-state index in [9.17, 15) is 46.0 Å². The summed E-state index contributed by atoms with van der Waals surface area (Å²) in [4.78, 5) is 0. The van der Waals surface area contributed by atoms with Crippen LogP contribution in [-0.4, -0.2) is 151 Å². The Hall–Kier alpha value is -0.560. The van der Waals surface area contributed by atoms with E-state index in [4.69, 9.17) is 23.7 Å². The molecule has 0 aromatic carbocycles. The maximum absolute atomic E-state index is 10.6. The van der Waals surface area contributed by atoms with Gasteiger partial charge in [0.15, 0.2) is 12.6 Å². The van der Waals surface area contributed by atoms with Gasteiger partial charge in [-0.15, -0.1) is 0 Å². The normalized spacial score (nSPS) is 51.5. The van der Waals surface area contributed by atoms with E-state index in [1.54, 1.807) is 6.92 Å². The molecule has 3 heterocycles. The van der Waals surface area contributed by atoms with Crippen LogP contribution in [0.5, 0.6) is 0 Å². The predicted molar refractivity (Wildman–Crippen MR) is 112 cm³/mol. The molecule has 0 radical (unpaired) electrons. The molecule has 35 heavy (non-hydrogen) atoms. The number of aliphatic hydroxyl groups excluding tert-OH is 9. The van der Waals surface area contributed by atoms with Gasteiger partial charge >= 0.3 is 0 Å². The second-order valence-corrected chi connectivity index (χ2v) is 9.68. The highest BCUT2D eigenvalue weighted by Crippen LogP contribution is 2.31. The van der Waals surface area contributed by atoms with Gasteiger partial charge in [-0.3, -0.25) is 0 Å². The number of ether oxygens (including phenoxy) is 5. The maximum Gasteiger partial charge on any atom is 0.187 e. The lowest BCUT2D eigenvalue weighted by atomic mass is 9.89. The van der Waals surface area contributed by atoms with Crippen LogP contribution in [0.15, 0.2) is 0 Å². The van der Waals surface area contributed by atoms with Crippen molar-refractivity contribution in [1.82, 2.24) is 0 Å². The Labute approximate surface area is 202 Å². The zero-order valence-electron chi connectivity index (χ0n) is 19.7. The molecular formula is C21H38O14. The number of hydrogen-bond acceptors (Lipinski definition) is 14. The summed E-state index contributed by atoms with van der Waals surface area (Å²) in [5.74, 6) is -0.0968. The number of rotatable bonds is 7. The van der Waals surface area contributed by atoms with E-state index in [2.05, 4.69) is 0 Å². The summed E-state index contributed by atoms with van der Waals surface area (Å²) in [6.07, 6.45) is -20.9. The zero-order chi connectivity index (χ0) is 26.2. The van der Waals surface area contributed by atoms with E-state index in [0.717, 1.165) is 0 Å². The van der Waals surface area contributed by atoms with Gasteiger partial charge in [-0.05, 0) is 12.8 Å². The zero-order valence-corrected chi connectivity index (χ0v) is 19.7. The third-order valence-corrected chi connectivity index (χ3v) is 6.75. The lowest BCUT2D eigenvalue weighted by molar-refractivity contribution is -0.352. The second-order valence-electron chi connectivity index (χ2n) is 9.68. The monoisotopic (exact) mass is 514 g/mol. The van der Waals surface area contributed by atoms with E-state index in [0.29, 0.717) is 0 Å². The molecule has 3 rings (SSSR count). The Balaban J connectivity index is 1.65. The highest BCUT2D eigenvalue weighted by Gasteiger charge is 2.51. The minimum Gasteiger partial charge on any atom is -0.394 e. The minimum atomic E-state index is -1.75. The molecule has 206 valence electrons. The molecule has 14 heteroatoms. The van der Waals surface area contributed by atoms with Crippen LogP contribution in [0.3, 0.4) is 0 Å². The van der Waals surface area contributed by atoms with E-state index >= 15 is 0 Å². The average molecular weight is 515 g/mol. The Bertz CT molecular complexity index is 666. The third kappa shape index (κ3) is 5.97. The quantitative estimate of drug-likeness (QED) is 0.155. The first-order chi connectivity index (χ1) is 16.4. The molecule has 9 N–H and O–H groups in total. The van der Waals surface area contributed by atoms with E-state index in [-0.39, 0.29) is 5.92 Å². The second kappa shape index (κ2) is 11.9. The largest absolute Gasteiger partial charge is 0.394 e. The van der Waals surface area contributed by atoms with Gasteiger partial charge < -0.3 is 69.6 Å². The predicted octanol–water partition coefficient (Wildman–Crippen LogP) is -4.84. The van der Waals surface area contributed by atoms with Gasteiger partial charge in [0.25, 0.3) is 0 Å². The van der Waals surface area contributed by atoms with Crippen LogP contribution in [0.25, 0.3) is 0 Å². The molecule has 0 spiro atoms. The molecule has 14 nitrogen and oxygen atoms in total. The Morgan fingerprint density at radius 3 is 1.77 bits per heavy atom. The Morgan fingerprint density at radius 2 is 1.20 bits per heavy atom. The van der Waals surface area contributed by atoms with Crippen molar-refractivity contribution in [3.63, 3.8) is 0 Å². The van der Waals surface area contributed by atoms with Crippen molar-refractivity contribution >= 4 is 0 Å². The van der Waals surface area contributed by atoms with Crippen molar-refractivity contribution in [3.05, 3.63) is 0 Å². The van der Waals surface area contributed by atoms with Gasteiger partial charge in [-0.25, -0.2) is 0 Å². The smallest absolute Gasteiger partial charge is 0.187 e. The molecule has 0 aliphatic carbocycles. The molecule has 2 unspecified atom stereocenters. The molecule has 0 aromatic heterocycles. The molecule has 0 amide bonds. The van der Waals surface area contributed by atoms with E-state index < -0.39 is 105 Å². The standard InChI is InChI=1S/C21H38O14/c1-6(2)18-14(27)15(28)19(7(3)32-18)35-21-17(30)13(26)11(24)9(34-21)5-31-20-16(29)12(25)10(23)8(4-22)33-20/h6-30H,4-5H2,1-3H3/t7-,8+,9+,10+,11+,12-,13-,14+,15+,16+,17+,18+,19+,20?,21?/m0/s1. The summed E-state index contributed by atoms with van der Waals surface area (Å²) in [6.45, 7) is 4.06. The molecule has 3 saturated heterocycles. The molecule has 15 atom stereocenters. The van der Waals surface area contributed by atoms with Crippen molar-refractivity contribution in [2.24, 2.45) is 5.92 Å². The van der Waals surface area contributed by atoms with Crippen molar-refractivity contribution in [2.75, 3.05) is 13.2 Å². The summed E-state index contributed by atoms with van der Waals surface area (Å²) in [6, 6.07) is 0. The summed E-state index contributed by atoms with van der Waals surface area (Å²) in [7, 11) is 0. The first-order valence-electron chi connectivity index (χ1n) is 11.7. The molecule has 3 fully saturated rings. The highest BCUT2D eigenvalue weighted by molar-refractivity contribution is 4.95. The molecule has 3 aliphatic rings. The first-order valence-corrected chi connectivity index (χ1v) is 11.7. The average Bonchev–Trinajstić information content (AvgIpc) is 2.82. The van der Waals surface area contributed by atoms with Gasteiger partial charge in [0.2, 0.25) is 0 Å². The van der Waals surface area contributed by atoms with Crippen molar-refractivity contribution < 1.29 is 69.6 Å². The molecule has 0 aromatic rings. The highest BCUT2D eigenvalue weighted by atomic mass is 16.7. The van der Waals surface area contributed by atoms with Crippen LogP contribution >= 0.6 is 0 Å². The Morgan fingerprint density at radius 1 is 0.657 bits per heavy atom. The van der Waals surface area contributed by atoms with Crippen molar-refractivity contribution in [1.29, 1.82) is 0 Å². The van der Waals surface area contributed by atoms with Gasteiger partial charge in [-0.2, -0.15) is 0 Å². The van der Waals surface area contributed by atoms with Crippen LogP contribution < -0.4 is 0 Å². The first kappa shape index (κ1) is 29.0. The fraction of sp³-hybridized carbons (Fsp3) is 1.00. The lowest BCUT2D eigenvalue weighted by Gasteiger charge is -2.47. The van der Waals surface area contributed by atoms with E-state index in [1.807, 2.05) is 13.8 Å². The van der Waals surface area contributed by atoms with E-state index in [1.165, 1.54) is 0 Å². The van der Waals surface area contributed by atoms with Gasteiger partial charge in [-0.1, -0.05) is 13.8 Å². The summed E-state index contributed by atoms with van der Waals surface area (Å²) < 4.78 is 27.6. The van der Waals surface area contributed by atoms with Gasteiger partial charge in [0.05, 0.1) is 25.4 Å². The molecule has 3 aliphatic heterocycles. The fourth-order valence-corrected chi connectivity index (χ4v) is 4.53. The summed E-state index contributed by atoms with van der Waals surface area (Å²) in [5, 5.41) is 91.2. The Kier molecular flexibility index (Phi) is 9.84. The van der Waals surface area contributed by atoms with Gasteiger partial charge in [0.1, 0.15) is 67.1 Å². The van der Waals surface area contributed by atoms with Crippen LogP contribution in [0.2, 0.25) is 0 Å². The van der Waals surface area contributed by atoms with Crippen LogP contribution in [0, 0.1) is 5.92 Å². The lowest BCUT2D eigenvalue weighted by Crippen LogP contribution is -2.64. The van der Waals surface area contributed by atoms with Gasteiger partial charge in [0, 0.05) is 0 Å². The summed E-state index contributed by atoms with van der Waals surface area (Å²) in [5.41, 5.74) is 0. The van der Waals surface area contributed by atoms with Crippen LogP contribution in [0.4, 0.5) is 0 Å². The molecular weight excluding hydrogens is 476 g/mol. The molecule has 0 bridgehead atoms. The number of hydrogen-bond donors (Lipinski definition) is 9. The minimum absolute atomic E-state index is 0.0968. The number of aliphatic hydroxyl groups is 9. The fourth-order valence-electron chi connectivity index (χ4n) is 4.53. The van der Waals surface area contributed by atoms with Crippen molar-refractivity contribution in [3.8, 4) is 0 Å². The third-order valence-electron chi connectivity index (χ3n) is 6.75. The molecule has 0 saturated carbocycles. The van der Waals surface area contributed by atoms with Crippen molar-refractivity contribution in [2.45, 2.75) is 113 Å². The van der Waals surface area contributed by atoms with Crippen LogP contribution in [-0.2, 0) is 23.7 Å².